The highest BCUT2D eigenvalue weighted by Gasteiger charge is 2.25. The van der Waals surface area contributed by atoms with E-state index < -0.39 is 0 Å². The number of rotatable bonds is 7. The van der Waals surface area contributed by atoms with Gasteiger partial charge in [0.05, 0.1) is 18.1 Å². The number of alkyl halides is 1. The standard InChI is InChI=1S/C9H19ClO2/c1-4-9(10,7-11-5-2)8-12-6-3/h4-8H2,1-3H3. The summed E-state index contributed by atoms with van der Waals surface area (Å²) in [7, 11) is 0. The third-order valence-corrected chi connectivity index (χ3v) is 2.25. The van der Waals surface area contributed by atoms with E-state index in [1.54, 1.807) is 0 Å². The molecular weight excluding hydrogens is 176 g/mol. The number of ether oxygens (including phenoxy) is 2. The summed E-state index contributed by atoms with van der Waals surface area (Å²) in [5.74, 6) is 0. The molecule has 0 saturated heterocycles. The summed E-state index contributed by atoms with van der Waals surface area (Å²) in [5.41, 5.74) is 0. The van der Waals surface area contributed by atoms with Crippen LogP contribution in [0.3, 0.4) is 0 Å². The van der Waals surface area contributed by atoms with Crippen molar-refractivity contribution in [3.8, 4) is 0 Å². The van der Waals surface area contributed by atoms with Crippen molar-refractivity contribution in [3.63, 3.8) is 0 Å². The lowest BCUT2D eigenvalue weighted by Gasteiger charge is -2.24. The molecule has 0 rings (SSSR count). The van der Waals surface area contributed by atoms with E-state index in [1.807, 2.05) is 20.8 Å². The van der Waals surface area contributed by atoms with Gasteiger partial charge in [0.2, 0.25) is 0 Å². The van der Waals surface area contributed by atoms with E-state index in [0.717, 1.165) is 6.42 Å². The van der Waals surface area contributed by atoms with Crippen molar-refractivity contribution in [2.75, 3.05) is 26.4 Å². The van der Waals surface area contributed by atoms with Crippen LogP contribution in [-0.4, -0.2) is 31.3 Å². The van der Waals surface area contributed by atoms with Gasteiger partial charge in [-0.05, 0) is 20.3 Å². The van der Waals surface area contributed by atoms with Crippen molar-refractivity contribution in [1.29, 1.82) is 0 Å². The monoisotopic (exact) mass is 194 g/mol. The lowest BCUT2D eigenvalue weighted by Crippen LogP contribution is -2.33. The lowest BCUT2D eigenvalue weighted by atomic mass is 10.1. The highest BCUT2D eigenvalue weighted by Crippen LogP contribution is 2.20. The molecule has 0 fully saturated rings. The SMILES string of the molecule is CCOCC(Cl)(CC)COCC. The maximum Gasteiger partial charge on any atom is 0.0909 e. The van der Waals surface area contributed by atoms with Crippen LogP contribution >= 0.6 is 11.6 Å². The quantitative estimate of drug-likeness (QED) is 0.580. The van der Waals surface area contributed by atoms with Gasteiger partial charge in [-0.1, -0.05) is 6.92 Å². The van der Waals surface area contributed by atoms with Gasteiger partial charge < -0.3 is 9.47 Å². The average molecular weight is 195 g/mol. The molecule has 0 aromatic heterocycles. The lowest BCUT2D eigenvalue weighted by molar-refractivity contribution is 0.0595. The molecule has 3 heteroatoms. The van der Waals surface area contributed by atoms with Gasteiger partial charge in [0.25, 0.3) is 0 Å². The molecule has 74 valence electrons. The fourth-order valence-electron chi connectivity index (χ4n) is 0.816. The molecule has 0 aliphatic heterocycles. The maximum absolute atomic E-state index is 6.23. The van der Waals surface area contributed by atoms with Gasteiger partial charge in [-0.15, -0.1) is 11.6 Å². The first-order valence-electron chi connectivity index (χ1n) is 4.53. The van der Waals surface area contributed by atoms with Crippen molar-refractivity contribution in [2.45, 2.75) is 32.1 Å². The Hall–Kier alpha value is 0.210. The molecule has 0 N–H and O–H groups in total. The Balaban J connectivity index is 3.70. The van der Waals surface area contributed by atoms with Crippen LogP contribution in [0.4, 0.5) is 0 Å². The van der Waals surface area contributed by atoms with Crippen molar-refractivity contribution in [2.24, 2.45) is 0 Å². The molecular formula is C9H19ClO2. The Kier molecular flexibility index (Phi) is 6.81. The fourth-order valence-corrected chi connectivity index (χ4v) is 0.970. The Morgan fingerprint density at radius 3 is 1.67 bits per heavy atom. The van der Waals surface area contributed by atoms with Crippen molar-refractivity contribution in [3.05, 3.63) is 0 Å². The van der Waals surface area contributed by atoms with Crippen molar-refractivity contribution >= 4 is 11.6 Å². The maximum atomic E-state index is 6.23. The second kappa shape index (κ2) is 6.70. The number of hydrogen-bond donors (Lipinski definition) is 0. The van der Waals surface area contributed by atoms with Crippen LogP contribution in [0, 0.1) is 0 Å². The van der Waals surface area contributed by atoms with Gasteiger partial charge in [0, 0.05) is 13.2 Å². The van der Waals surface area contributed by atoms with Gasteiger partial charge in [-0.3, -0.25) is 0 Å². The van der Waals surface area contributed by atoms with Crippen LogP contribution in [0.1, 0.15) is 27.2 Å². The van der Waals surface area contributed by atoms with E-state index in [9.17, 15) is 0 Å². The summed E-state index contributed by atoms with van der Waals surface area (Å²) in [6.45, 7) is 8.54. The first kappa shape index (κ1) is 12.2. The zero-order valence-electron chi connectivity index (χ0n) is 8.23. The average Bonchev–Trinajstić information content (AvgIpc) is 2.11. The summed E-state index contributed by atoms with van der Waals surface area (Å²) in [6.07, 6.45) is 0.870. The Morgan fingerprint density at radius 2 is 1.42 bits per heavy atom. The van der Waals surface area contributed by atoms with Gasteiger partial charge in [0.1, 0.15) is 0 Å². The predicted octanol–water partition coefficient (Wildman–Crippen LogP) is 2.45. The topological polar surface area (TPSA) is 18.5 Å². The zero-order chi connectivity index (χ0) is 9.45. The molecule has 0 aliphatic rings. The summed E-state index contributed by atoms with van der Waals surface area (Å²) in [5, 5.41) is 0. The molecule has 0 aromatic carbocycles. The Labute approximate surface area is 80.2 Å². The van der Waals surface area contributed by atoms with E-state index in [-0.39, 0.29) is 4.87 Å². The molecule has 0 spiro atoms. The molecule has 0 radical (unpaired) electrons. The van der Waals surface area contributed by atoms with Crippen molar-refractivity contribution in [1.82, 2.24) is 0 Å². The Bertz CT molecular complexity index is 98.7. The van der Waals surface area contributed by atoms with Crippen LogP contribution in [0.2, 0.25) is 0 Å². The number of halogens is 1. The summed E-state index contributed by atoms with van der Waals surface area (Å²) in [4.78, 5) is -0.327. The first-order valence-corrected chi connectivity index (χ1v) is 4.90. The van der Waals surface area contributed by atoms with E-state index in [1.165, 1.54) is 0 Å². The summed E-state index contributed by atoms with van der Waals surface area (Å²) < 4.78 is 10.5. The fraction of sp³-hybridized carbons (Fsp3) is 1.00. The molecule has 0 amide bonds. The largest absolute Gasteiger partial charge is 0.380 e. The highest BCUT2D eigenvalue weighted by atomic mass is 35.5. The molecule has 2 nitrogen and oxygen atoms in total. The van der Waals surface area contributed by atoms with Crippen molar-refractivity contribution < 1.29 is 9.47 Å². The molecule has 0 atom stereocenters. The van der Waals surface area contributed by atoms with E-state index >= 15 is 0 Å². The molecule has 0 aliphatic carbocycles. The zero-order valence-corrected chi connectivity index (χ0v) is 8.99. The van der Waals surface area contributed by atoms with Crippen LogP contribution in [0.25, 0.3) is 0 Å². The van der Waals surface area contributed by atoms with E-state index in [2.05, 4.69) is 0 Å². The smallest absolute Gasteiger partial charge is 0.0909 e. The molecule has 0 heterocycles. The van der Waals surface area contributed by atoms with Gasteiger partial charge >= 0.3 is 0 Å². The van der Waals surface area contributed by atoms with Crippen LogP contribution in [-0.2, 0) is 9.47 Å². The van der Waals surface area contributed by atoms with E-state index in [0.29, 0.717) is 26.4 Å². The van der Waals surface area contributed by atoms with Gasteiger partial charge in [-0.2, -0.15) is 0 Å². The minimum absolute atomic E-state index is 0.327. The molecule has 0 saturated carbocycles. The third kappa shape index (κ3) is 4.96. The van der Waals surface area contributed by atoms with Crippen LogP contribution < -0.4 is 0 Å². The normalized spacial score (nSPS) is 12.0. The molecule has 0 bridgehead atoms. The number of hydrogen-bond acceptors (Lipinski definition) is 2. The van der Waals surface area contributed by atoms with E-state index in [4.69, 9.17) is 21.1 Å². The van der Waals surface area contributed by atoms with Crippen LogP contribution in [0.15, 0.2) is 0 Å². The van der Waals surface area contributed by atoms with Gasteiger partial charge in [-0.25, -0.2) is 0 Å². The first-order chi connectivity index (χ1) is 5.68. The minimum Gasteiger partial charge on any atom is -0.380 e. The molecule has 0 aromatic rings. The highest BCUT2D eigenvalue weighted by molar-refractivity contribution is 6.24. The second-order valence-electron chi connectivity index (χ2n) is 2.78. The predicted molar refractivity (Wildman–Crippen MR) is 51.9 cm³/mol. The Morgan fingerprint density at radius 1 is 1.00 bits per heavy atom. The minimum atomic E-state index is -0.327. The molecule has 12 heavy (non-hydrogen) atoms. The second-order valence-corrected chi connectivity index (χ2v) is 3.58. The third-order valence-electron chi connectivity index (χ3n) is 1.76. The molecule has 0 unspecified atom stereocenters. The summed E-state index contributed by atoms with van der Waals surface area (Å²) >= 11 is 6.23. The summed E-state index contributed by atoms with van der Waals surface area (Å²) in [6, 6.07) is 0. The van der Waals surface area contributed by atoms with Crippen LogP contribution in [0.5, 0.6) is 0 Å². The van der Waals surface area contributed by atoms with Gasteiger partial charge in [0.15, 0.2) is 0 Å².